The number of fused-ring (bicyclic) bond motifs is 2. The van der Waals surface area contributed by atoms with Crippen LogP contribution in [0.25, 0.3) is 0 Å². The molecule has 21 heavy (non-hydrogen) atoms. The molecular formula is C16H26N4O. The number of nitrogens with zero attached hydrogens (tertiary/aromatic N) is 2. The highest BCUT2D eigenvalue weighted by atomic mass is 16.2. The minimum atomic E-state index is 0.159. The Morgan fingerprint density at radius 1 is 1.29 bits per heavy atom. The van der Waals surface area contributed by atoms with Gasteiger partial charge in [0.05, 0.1) is 11.3 Å². The number of rotatable bonds is 4. The van der Waals surface area contributed by atoms with E-state index in [1.165, 1.54) is 12.8 Å². The van der Waals surface area contributed by atoms with Crippen molar-refractivity contribution >= 4 is 5.91 Å². The van der Waals surface area contributed by atoms with Crippen molar-refractivity contribution in [2.75, 3.05) is 6.54 Å². The molecule has 2 aliphatic rings. The molecule has 5 heteroatoms. The summed E-state index contributed by atoms with van der Waals surface area (Å²) >= 11 is 0. The van der Waals surface area contributed by atoms with Gasteiger partial charge in [0.2, 0.25) is 0 Å². The summed E-state index contributed by atoms with van der Waals surface area (Å²) < 4.78 is 0. The monoisotopic (exact) mass is 290 g/mol. The van der Waals surface area contributed by atoms with E-state index in [4.69, 9.17) is 0 Å². The molecule has 0 radical (unpaired) electrons. The van der Waals surface area contributed by atoms with Gasteiger partial charge in [-0.3, -0.25) is 9.89 Å². The number of aromatic amines is 1. The summed E-state index contributed by atoms with van der Waals surface area (Å²) in [5, 5.41) is 10.8. The second-order valence-corrected chi connectivity index (χ2v) is 6.57. The number of nitrogens with one attached hydrogen (secondary N) is 2. The topological polar surface area (TPSA) is 61.0 Å². The van der Waals surface area contributed by atoms with Crippen LogP contribution in [0.4, 0.5) is 0 Å². The first-order valence-electron chi connectivity index (χ1n) is 8.18. The van der Waals surface area contributed by atoms with Crippen molar-refractivity contribution in [2.24, 2.45) is 0 Å². The molecule has 1 aromatic heterocycles. The summed E-state index contributed by atoms with van der Waals surface area (Å²) in [6.45, 7) is 6.83. The molecule has 1 aromatic rings. The average Bonchev–Trinajstić information content (AvgIpc) is 2.97. The van der Waals surface area contributed by atoms with Crippen LogP contribution in [-0.2, 0) is 0 Å². The smallest absolute Gasteiger partial charge is 0.257 e. The molecule has 2 bridgehead atoms. The number of H-pyrrole nitrogens is 1. The van der Waals surface area contributed by atoms with E-state index in [-0.39, 0.29) is 5.91 Å². The number of carbonyl (C=O) groups is 1. The molecule has 2 unspecified atom stereocenters. The molecule has 3 rings (SSSR count). The molecule has 1 amide bonds. The van der Waals surface area contributed by atoms with Gasteiger partial charge in [-0.25, -0.2) is 0 Å². The van der Waals surface area contributed by atoms with E-state index in [0.29, 0.717) is 18.1 Å². The second kappa shape index (κ2) is 5.79. The molecule has 3 heterocycles. The first-order chi connectivity index (χ1) is 10.1. The Labute approximate surface area is 126 Å². The molecule has 0 spiro atoms. The molecule has 2 fully saturated rings. The number of aromatic nitrogens is 2. The first kappa shape index (κ1) is 14.6. The van der Waals surface area contributed by atoms with Crippen molar-refractivity contribution in [3.05, 3.63) is 17.0 Å². The number of hydrogen-bond acceptors (Lipinski definition) is 3. The fourth-order valence-corrected chi connectivity index (χ4v) is 3.98. The number of carbonyl (C=O) groups excluding carboxylic acids is 1. The predicted octanol–water partition coefficient (Wildman–Crippen LogP) is 2.16. The van der Waals surface area contributed by atoms with Crippen LogP contribution >= 0.6 is 0 Å². The average molecular weight is 290 g/mol. The summed E-state index contributed by atoms with van der Waals surface area (Å²) in [5.74, 6) is 0.159. The van der Waals surface area contributed by atoms with Gasteiger partial charge in [0.15, 0.2) is 0 Å². The first-order valence-corrected chi connectivity index (χ1v) is 8.18. The maximum atomic E-state index is 13.0. The number of hydrogen-bond donors (Lipinski definition) is 2. The Kier molecular flexibility index (Phi) is 4.02. The molecule has 116 valence electrons. The lowest BCUT2D eigenvalue weighted by atomic mass is 9.97. The lowest BCUT2D eigenvalue weighted by Crippen LogP contribution is -2.50. The Balaban J connectivity index is 1.82. The third-order valence-electron chi connectivity index (χ3n) is 4.96. The molecule has 2 atom stereocenters. The van der Waals surface area contributed by atoms with Crippen LogP contribution in [0.1, 0.15) is 60.8 Å². The quantitative estimate of drug-likeness (QED) is 0.893. The Morgan fingerprint density at radius 3 is 2.48 bits per heavy atom. The summed E-state index contributed by atoms with van der Waals surface area (Å²) in [6.07, 6.45) is 5.72. The number of piperidine rings is 1. The van der Waals surface area contributed by atoms with Crippen LogP contribution < -0.4 is 5.32 Å². The van der Waals surface area contributed by atoms with Gasteiger partial charge >= 0.3 is 0 Å². The van der Waals surface area contributed by atoms with Gasteiger partial charge in [-0.15, -0.1) is 0 Å². The highest BCUT2D eigenvalue weighted by Crippen LogP contribution is 2.31. The summed E-state index contributed by atoms with van der Waals surface area (Å²) in [5.41, 5.74) is 2.47. The Morgan fingerprint density at radius 2 is 1.95 bits per heavy atom. The predicted molar refractivity (Wildman–Crippen MR) is 82.4 cm³/mol. The molecule has 0 saturated carbocycles. The lowest BCUT2D eigenvalue weighted by molar-refractivity contribution is 0.0615. The zero-order valence-electron chi connectivity index (χ0n) is 13.3. The van der Waals surface area contributed by atoms with Crippen LogP contribution in [0.5, 0.6) is 0 Å². The van der Waals surface area contributed by atoms with E-state index in [0.717, 1.165) is 42.8 Å². The normalized spacial score (nSPS) is 27.9. The van der Waals surface area contributed by atoms with Gasteiger partial charge in [-0.05, 0) is 46.0 Å². The van der Waals surface area contributed by atoms with E-state index >= 15 is 0 Å². The van der Waals surface area contributed by atoms with Crippen LogP contribution in [0.15, 0.2) is 0 Å². The largest absolute Gasteiger partial charge is 0.335 e. The fraction of sp³-hybridized carbons (Fsp3) is 0.750. The standard InChI is InChI=1S/C16H26N4O/c1-4-7-20(14-8-12-5-6-13(9-14)17-12)16(21)15-10(2)18-19-11(15)3/h12-14,17H,4-9H2,1-3H3,(H,18,19). The van der Waals surface area contributed by atoms with Crippen molar-refractivity contribution in [1.29, 1.82) is 0 Å². The van der Waals surface area contributed by atoms with Crippen molar-refractivity contribution in [1.82, 2.24) is 20.4 Å². The zero-order valence-corrected chi connectivity index (χ0v) is 13.3. The Bertz CT molecular complexity index is 493. The molecular weight excluding hydrogens is 264 g/mol. The van der Waals surface area contributed by atoms with Gasteiger partial charge in [-0.2, -0.15) is 5.10 Å². The van der Waals surface area contributed by atoms with E-state index < -0.39 is 0 Å². The molecule has 2 saturated heterocycles. The summed E-state index contributed by atoms with van der Waals surface area (Å²) in [7, 11) is 0. The number of amides is 1. The second-order valence-electron chi connectivity index (χ2n) is 6.57. The molecule has 5 nitrogen and oxygen atoms in total. The third kappa shape index (κ3) is 2.71. The third-order valence-corrected chi connectivity index (χ3v) is 4.96. The van der Waals surface area contributed by atoms with E-state index in [9.17, 15) is 4.79 Å². The van der Waals surface area contributed by atoms with Gasteiger partial charge in [0, 0.05) is 30.4 Å². The van der Waals surface area contributed by atoms with Crippen LogP contribution in [0.3, 0.4) is 0 Å². The molecule has 2 N–H and O–H groups in total. The highest BCUT2D eigenvalue weighted by Gasteiger charge is 2.38. The molecule has 2 aliphatic heterocycles. The van der Waals surface area contributed by atoms with E-state index in [1.54, 1.807) is 0 Å². The van der Waals surface area contributed by atoms with E-state index in [1.807, 2.05) is 13.8 Å². The zero-order chi connectivity index (χ0) is 15.0. The van der Waals surface area contributed by atoms with Gasteiger partial charge in [0.1, 0.15) is 0 Å². The maximum Gasteiger partial charge on any atom is 0.257 e. The van der Waals surface area contributed by atoms with Gasteiger partial charge in [-0.1, -0.05) is 6.92 Å². The highest BCUT2D eigenvalue weighted by molar-refractivity contribution is 5.96. The maximum absolute atomic E-state index is 13.0. The minimum Gasteiger partial charge on any atom is -0.335 e. The minimum absolute atomic E-state index is 0.159. The van der Waals surface area contributed by atoms with Gasteiger partial charge < -0.3 is 10.2 Å². The summed E-state index contributed by atoms with van der Waals surface area (Å²) in [6, 6.07) is 1.59. The Hall–Kier alpha value is -1.36. The van der Waals surface area contributed by atoms with Gasteiger partial charge in [0.25, 0.3) is 5.91 Å². The SMILES string of the molecule is CCCN(C(=O)c1c(C)n[nH]c1C)C1CC2CCC(C1)N2. The molecule has 0 aliphatic carbocycles. The lowest BCUT2D eigenvalue weighted by Gasteiger charge is -2.38. The number of aryl methyl sites for hydroxylation is 2. The fourth-order valence-electron chi connectivity index (χ4n) is 3.98. The van der Waals surface area contributed by atoms with E-state index in [2.05, 4.69) is 27.3 Å². The van der Waals surface area contributed by atoms with Crippen molar-refractivity contribution < 1.29 is 4.79 Å². The molecule has 0 aromatic carbocycles. The van der Waals surface area contributed by atoms with Crippen LogP contribution in [0.2, 0.25) is 0 Å². The van der Waals surface area contributed by atoms with Crippen molar-refractivity contribution in [3.63, 3.8) is 0 Å². The van der Waals surface area contributed by atoms with Crippen molar-refractivity contribution in [3.8, 4) is 0 Å². The van der Waals surface area contributed by atoms with Crippen LogP contribution in [-0.4, -0.2) is 45.7 Å². The van der Waals surface area contributed by atoms with Crippen molar-refractivity contribution in [2.45, 2.75) is 71.0 Å². The van der Waals surface area contributed by atoms with Crippen LogP contribution in [0, 0.1) is 13.8 Å². The summed E-state index contributed by atoms with van der Waals surface area (Å²) in [4.78, 5) is 15.1.